The molecule has 2 aliphatic rings. The molecular formula is C16H26BrN3. The molecule has 0 saturated heterocycles. The van der Waals surface area contributed by atoms with Gasteiger partial charge in [0, 0.05) is 13.1 Å². The van der Waals surface area contributed by atoms with E-state index in [1.807, 2.05) is 0 Å². The summed E-state index contributed by atoms with van der Waals surface area (Å²) in [5.74, 6) is 1.67. The van der Waals surface area contributed by atoms with Crippen molar-refractivity contribution in [1.82, 2.24) is 15.1 Å². The minimum Gasteiger partial charge on any atom is -0.314 e. The van der Waals surface area contributed by atoms with Gasteiger partial charge < -0.3 is 5.32 Å². The SMILES string of the molecule is Cc1nn(C)c(CC2CCCCC2CNC2CC2)c1Br. The summed E-state index contributed by atoms with van der Waals surface area (Å²) in [4.78, 5) is 0. The molecule has 3 rings (SSSR count). The fourth-order valence-corrected chi connectivity index (χ4v) is 4.08. The molecule has 0 amide bonds. The lowest BCUT2D eigenvalue weighted by atomic mass is 9.77. The van der Waals surface area contributed by atoms with Gasteiger partial charge in [0.1, 0.15) is 0 Å². The number of nitrogens with one attached hydrogen (secondary N) is 1. The molecule has 0 radical (unpaired) electrons. The first-order valence-electron chi connectivity index (χ1n) is 8.06. The Bertz CT molecular complexity index is 465. The highest BCUT2D eigenvalue weighted by Gasteiger charge is 2.29. The molecule has 20 heavy (non-hydrogen) atoms. The summed E-state index contributed by atoms with van der Waals surface area (Å²) in [7, 11) is 2.08. The number of rotatable bonds is 5. The van der Waals surface area contributed by atoms with Crippen molar-refractivity contribution in [2.75, 3.05) is 6.54 Å². The molecule has 3 nitrogen and oxygen atoms in total. The highest BCUT2D eigenvalue weighted by atomic mass is 79.9. The zero-order chi connectivity index (χ0) is 14.1. The average molecular weight is 340 g/mol. The van der Waals surface area contributed by atoms with E-state index in [1.54, 1.807) is 0 Å². The highest BCUT2D eigenvalue weighted by Crippen LogP contribution is 2.35. The summed E-state index contributed by atoms with van der Waals surface area (Å²) < 4.78 is 3.29. The van der Waals surface area contributed by atoms with E-state index >= 15 is 0 Å². The van der Waals surface area contributed by atoms with Crippen LogP contribution in [0.3, 0.4) is 0 Å². The van der Waals surface area contributed by atoms with Crippen molar-refractivity contribution in [3.8, 4) is 0 Å². The second kappa shape index (κ2) is 6.18. The van der Waals surface area contributed by atoms with Crippen LogP contribution in [0.15, 0.2) is 4.47 Å². The largest absolute Gasteiger partial charge is 0.314 e. The maximum absolute atomic E-state index is 4.54. The molecule has 4 heteroatoms. The Kier molecular flexibility index (Phi) is 4.51. The maximum atomic E-state index is 4.54. The zero-order valence-electron chi connectivity index (χ0n) is 12.7. The van der Waals surface area contributed by atoms with Gasteiger partial charge in [0.25, 0.3) is 0 Å². The molecule has 2 fully saturated rings. The topological polar surface area (TPSA) is 29.9 Å². The molecule has 2 aliphatic carbocycles. The number of halogens is 1. The van der Waals surface area contributed by atoms with E-state index in [-0.39, 0.29) is 0 Å². The van der Waals surface area contributed by atoms with E-state index in [4.69, 9.17) is 0 Å². The zero-order valence-corrected chi connectivity index (χ0v) is 14.2. The third-order valence-corrected chi connectivity index (χ3v) is 6.06. The predicted molar refractivity (Wildman–Crippen MR) is 85.8 cm³/mol. The third-order valence-electron chi connectivity index (χ3n) is 5.03. The molecular weight excluding hydrogens is 314 g/mol. The minimum atomic E-state index is 0.820. The van der Waals surface area contributed by atoms with E-state index in [9.17, 15) is 0 Å². The smallest absolute Gasteiger partial charge is 0.0738 e. The summed E-state index contributed by atoms with van der Waals surface area (Å²) in [5.41, 5.74) is 2.50. The van der Waals surface area contributed by atoms with Crippen LogP contribution in [0.1, 0.15) is 49.9 Å². The first-order chi connectivity index (χ1) is 9.65. The number of hydrogen-bond donors (Lipinski definition) is 1. The van der Waals surface area contributed by atoms with Crippen LogP contribution in [-0.4, -0.2) is 22.4 Å². The van der Waals surface area contributed by atoms with E-state index in [0.717, 1.165) is 23.6 Å². The van der Waals surface area contributed by atoms with Crippen molar-refractivity contribution < 1.29 is 0 Å². The summed E-state index contributed by atoms with van der Waals surface area (Å²) in [6.07, 6.45) is 9.56. The van der Waals surface area contributed by atoms with Gasteiger partial charge in [0.05, 0.1) is 15.9 Å². The predicted octanol–water partition coefficient (Wildman–Crippen LogP) is 3.59. The van der Waals surface area contributed by atoms with Crippen LogP contribution in [0.2, 0.25) is 0 Å². The fourth-order valence-electron chi connectivity index (χ4n) is 3.58. The van der Waals surface area contributed by atoms with Crippen molar-refractivity contribution in [3.05, 3.63) is 15.9 Å². The molecule has 112 valence electrons. The molecule has 2 atom stereocenters. The lowest BCUT2D eigenvalue weighted by Crippen LogP contribution is -2.33. The van der Waals surface area contributed by atoms with Crippen LogP contribution in [0.4, 0.5) is 0 Å². The van der Waals surface area contributed by atoms with Gasteiger partial charge in [-0.25, -0.2) is 0 Å². The van der Waals surface area contributed by atoms with Crippen LogP contribution in [0.25, 0.3) is 0 Å². The fraction of sp³-hybridized carbons (Fsp3) is 0.812. The monoisotopic (exact) mass is 339 g/mol. The summed E-state index contributed by atoms with van der Waals surface area (Å²) in [5, 5.41) is 8.28. The lowest BCUT2D eigenvalue weighted by molar-refractivity contribution is 0.225. The molecule has 1 heterocycles. The van der Waals surface area contributed by atoms with Crippen LogP contribution in [0.5, 0.6) is 0 Å². The molecule has 1 aromatic heterocycles. The Morgan fingerprint density at radius 2 is 1.90 bits per heavy atom. The van der Waals surface area contributed by atoms with E-state index in [2.05, 4.69) is 45.0 Å². The molecule has 2 unspecified atom stereocenters. The number of nitrogens with zero attached hydrogens (tertiary/aromatic N) is 2. The van der Waals surface area contributed by atoms with Gasteiger partial charge in [0.15, 0.2) is 0 Å². The third kappa shape index (κ3) is 3.28. The Hall–Kier alpha value is -0.350. The van der Waals surface area contributed by atoms with Gasteiger partial charge in [-0.05, 0) is 73.3 Å². The van der Waals surface area contributed by atoms with Gasteiger partial charge in [-0.2, -0.15) is 5.10 Å². The molecule has 1 aromatic rings. The first-order valence-corrected chi connectivity index (χ1v) is 8.86. The minimum absolute atomic E-state index is 0.820. The Balaban J connectivity index is 1.65. The average Bonchev–Trinajstić information content (AvgIpc) is 3.23. The molecule has 0 aliphatic heterocycles. The Morgan fingerprint density at radius 1 is 1.20 bits per heavy atom. The van der Waals surface area contributed by atoms with Crippen LogP contribution < -0.4 is 5.32 Å². The van der Waals surface area contributed by atoms with Crippen molar-refractivity contribution >= 4 is 15.9 Å². The molecule has 0 aromatic carbocycles. The summed E-state index contributed by atoms with van der Waals surface area (Å²) in [6.45, 7) is 3.31. The maximum Gasteiger partial charge on any atom is 0.0738 e. The van der Waals surface area contributed by atoms with Gasteiger partial charge in [-0.3, -0.25) is 4.68 Å². The second-order valence-electron chi connectivity index (χ2n) is 6.66. The molecule has 2 saturated carbocycles. The second-order valence-corrected chi connectivity index (χ2v) is 7.45. The molecule has 0 spiro atoms. The quantitative estimate of drug-likeness (QED) is 0.888. The Morgan fingerprint density at radius 3 is 2.50 bits per heavy atom. The first kappa shape index (κ1) is 14.6. The van der Waals surface area contributed by atoms with Crippen LogP contribution in [-0.2, 0) is 13.5 Å². The molecule has 1 N–H and O–H groups in total. The number of aromatic nitrogens is 2. The number of aryl methyl sites for hydroxylation is 2. The van der Waals surface area contributed by atoms with E-state index in [0.29, 0.717) is 0 Å². The lowest BCUT2D eigenvalue weighted by Gasteiger charge is -2.32. The van der Waals surface area contributed by atoms with Gasteiger partial charge in [-0.1, -0.05) is 12.8 Å². The molecule has 0 bridgehead atoms. The van der Waals surface area contributed by atoms with Gasteiger partial charge >= 0.3 is 0 Å². The highest BCUT2D eigenvalue weighted by molar-refractivity contribution is 9.10. The van der Waals surface area contributed by atoms with Crippen molar-refractivity contribution in [2.45, 2.75) is 57.9 Å². The van der Waals surface area contributed by atoms with Gasteiger partial charge in [-0.15, -0.1) is 0 Å². The van der Waals surface area contributed by atoms with Crippen LogP contribution in [0, 0.1) is 18.8 Å². The van der Waals surface area contributed by atoms with Crippen molar-refractivity contribution in [3.63, 3.8) is 0 Å². The Labute approximate surface area is 130 Å². The summed E-state index contributed by atoms with van der Waals surface area (Å²) >= 11 is 3.72. The van der Waals surface area contributed by atoms with E-state index in [1.165, 1.54) is 61.7 Å². The van der Waals surface area contributed by atoms with Crippen molar-refractivity contribution in [1.29, 1.82) is 0 Å². The normalized spacial score (nSPS) is 26.9. The van der Waals surface area contributed by atoms with Gasteiger partial charge in [0.2, 0.25) is 0 Å². The van der Waals surface area contributed by atoms with E-state index < -0.39 is 0 Å². The number of hydrogen-bond acceptors (Lipinski definition) is 2. The van der Waals surface area contributed by atoms with Crippen LogP contribution >= 0.6 is 15.9 Å². The summed E-state index contributed by atoms with van der Waals surface area (Å²) in [6, 6.07) is 0.836. The van der Waals surface area contributed by atoms with Crippen molar-refractivity contribution in [2.24, 2.45) is 18.9 Å². The standard InChI is InChI=1S/C16H26BrN3/c1-11-16(17)15(20(2)19-11)9-12-5-3-4-6-13(12)10-18-14-7-8-14/h12-14,18H,3-10H2,1-2H3.